The minimum absolute atomic E-state index is 0.559. The first-order valence-corrected chi connectivity index (χ1v) is 10.3. The van der Waals surface area contributed by atoms with Crippen LogP contribution in [0.25, 0.3) is 21.5 Å². The molecule has 0 fully saturated rings. The van der Waals surface area contributed by atoms with Crippen molar-refractivity contribution in [3.8, 4) is 0 Å². The number of fused-ring (bicyclic) bond motifs is 2. The van der Waals surface area contributed by atoms with Crippen LogP contribution in [0, 0.1) is 0 Å². The quantitative estimate of drug-likeness (QED) is 0.475. The Morgan fingerprint density at radius 1 is 0.667 bits per heavy atom. The van der Waals surface area contributed by atoms with Gasteiger partial charge in [-0.15, -0.1) is 0 Å². The molecular formula is C20H24O3Si. The Balaban J connectivity index is 2.41. The van der Waals surface area contributed by atoms with E-state index >= 15 is 0 Å². The highest BCUT2D eigenvalue weighted by molar-refractivity contribution is 6.80. The van der Waals surface area contributed by atoms with E-state index in [1.54, 1.807) is 0 Å². The highest BCUT2D eigenvalue weighted by Crippen LogP contribution is 2.26. The van der Waals surface area contributed by atoms with Gasteiger partial charge in [-0.05, 0) is 48.4 Å². The average molecular weight is 340 g/mol. The molecule has 0 bridgehead atoms. The third-order valence-corrected chi connectivity index (χ3v) is 7.24. The fourth-order valence-electron chi connectivity index (χ4n) is 3.26. The maximum Gasteiger partial charge on any atom is 0.538 e. The van der Waals surface area contributed by atoms with Gasteiger partial charge in [-0.2, -0.15) is 0 Å². The van der Waals surface area contributed by atoms with Gasteiger partial charge in [-0.25, -0.2) is 0 Å². The lowest BCUT2D eigenvalue weighted by molar-refractivity contribution is 0.0865. The molecule has 0 aliphatic heterocycles. The smallest absolute Gasteiger partial charge is 0.370 e. The Morgan fingerprint density at radius 3 is 1.50 bits per heavy atom. The minimum atomic E-state index is -3.00. The van der Waals surface area contributed by atoms with Crippen LogP contribution in [0.3, 0.4) is 0 Å². The van der Waals surface area contributed by atoms with Crippen LogP contribution >= 0.6 is 0 Å². The normalized spacial score (nSPS) is 12.1. The molecule has 3 aromatic rings. The second-order valence-corrected chi connectivity index (χ2v) is 8.03. The molecule has 0 aromatic heterocycles. The largest absolute Gasteiger partial charge is 0.538 e. The summed E-state index contributed by atoms with van der Waals surface area (Å²) >= 11 is 0. The predicted molar refractivity (Wildman–Crippen MR) is 102 cm³/mol. The molecule has 0 N–H and O–H groups in total. The van der Waals surface area contributed by atoms with Crippen molar-refractivity contribution in [2.75, 3.05) is 19.8 Å². The summed E-state index contributed by atoms with van der Waals surface area (Å²) in [4.78, 5) is 0. The molecule has 3 nitrogen and oxygen atoms in total. The van der Waals surface area contributed by atoms with Crippen molar-refractivity contribution in [1.29, 1.82) is 0 Å². The average Bonchev–Trinajstić information content (AvgIpc) is 2.60. The van der Waals surface area contributed by atoms with Gasteiger partial charge in [0.1, 0.15) is 0 Å². The molecule has 0 heterocycles. The van der Waals surface area contributed by atoms with Gasteiger partial charge in [0.15, 0.2) is 0 Å². The van der Waals surface area contributed by atoms with Crippen LogP contribution in [0.1, 0.15) is 20.8 Å². The summed E-state index contributed by atoms with van der Waals surface area (Å²) in [7, 11) is -3.00. The first kappa shape index (κ1) is 17.1. The van der Waals surface area contributed by atoms with Gasteiger partial charge >= 0.3 is 8.80 Å². The first-order chi connectivity index (χ1) is 11.8. The highest BCUT2D eigenvalue weighted by Gasteiger charge is 2.45. The van der Waals surface area contributed by atoms with Gasteiger partial charge < -0.3 is 13.3 Å². The van der Waals surface area contributed by atoms with Crippen LogP contribution in [0.5, 0.6) is 0 Å². The van der Waals surface area contributed by atoms with Crippen LogP contribution < -0.4 is 5.19 Å². The molecule has 0 radical (unpaired) electrons. The zero-order valence-corrected chi connectivity index (χ0v) is 15.5. The SMILES string of the molecule is CCO[Si](OCC)(OCC)c1c2ccccc2cc2ccccc12. The second-order valence-electron chi connectivity index (χ2n) is 5.55. The molecule has 4 heteroatoms. The highest BCUT2D eigenvalue weighted by atomic mass is 28.4. The third kappa shape index (κ3) is 2.98. The van der Waals surface area contributed by atoms with E-state index in [9.17, 15) is 0 Å². The van der Waals surface area contributed by atoms with E-state index < -0.39 is 8.80 Å². The summed E-state index contributed by atoms with van der Waals surface area (Å²) in [5.41, 5.74) is 0. The summed E-state index contributed by atoms with van der Waals surface area (Å²) in [5, 5.41) is 5.75. The maximum absolute atomic E-state index is 6.21. The molecule has 3 aromatic carbocycles. The summed E-state index contributed by atoms with van der Waals surface area (Å²) in [6, 6.07) is 19.0. The van der Waals surface area contributed by atoms with Gasteiger partial charge in [-0.3, -0.25) is 0 Å². The fourth-order valence-corrected chi connectivity index (χ4v) is 6.19. The molecule has 0 aliphatic carbocycles. The van der Waals surface area contributed by atoms with Crippen molar-refractivity contribution in [2.45, 2.75) is 20.8 Å². The summed E-state index contributed by atoms with van der Waals surface area (Å²) in [6.07, 6.45) is 0. The monoisotopic (exact) mass is 340 g/mol. The predicted octanol–water partition coefficient (Wildman–Crippen LogP) is 4.25. The fraction of sp³-hybridized carbons (Fsp3) is 0.300. The van der Waals surface area contributed by atoms with Crippen molar-refractivity contribution >= 4 is 35.5 Å². The van der Waals surface area contributed by atoms with Crippen LogP contribution in [0.15, 0.2) is 54.6 Å². The van der Waals surface area contributed by atoms with Crippen LogP contribution in [0.2, 0.25) is 0 Å². The van der Waals surface area contributed by atoms with Crippen molar-refractivity contribution < 1.29 is 13.3 Å². The van der Waals surface area contributed by atoms with Gasteiger partial charge in [0.2, 0.25) is 0 Å². The minimum Gasteiger partial charge on any atom is -0.370 e. The molecule has 0 amide bonds. The lowest BCUT2D eigenvalue weighted by Gasteiger charge is -2.30. The van der Waals surface area contributed by atoms with E-state index in [4.69, 9.17) is 13.3 Å². The van der Waals surface area contributed by atoms with Gasteiger partial charge in [0, 0.05) is 25.0 Å². The molecular weight excluding hydrogens is 316 g/mol. The zero-order valence-electron chi connectivity index (χ0n) is 14.5. The van der Waals surface area contributed by atoms with E-state index in [1.807, 2.05) is 20.8 Å². The number of hydrogen-bond acceptors (Lipinski definition) is 3. The Morgan fingerprint density at radius 2 is 1.08 bits per heavy atom. The molecule has 0 unspecified atom stereocenters. The van der Waals surface area contributed by atoms with E-state index in [-0.39, 0.29) is 0 Å². The van der Waals surface area contributed by atoms with Crippen molar-refractivity contribution in [2.24, 2.45) is 0 Å². The molecule has 0 atom stereocenters. The first-order valence-electron chi connectivity index (χ1n) is 8.58. The lowest BCUT2D eigenvalue weighted by Crippen LogP contribution is -2.57. The van der Waals surface area contributed by atoms with Crippen molar-refractivity contribution in [3.05, 3.63) is 54.6 Å². The van der Waals surface area contributed by atoms with E-state index in [1.165, 1.54) is 10.8 Å². The van der Waals surface area contributed by atoms with E-state index in [2.05, 4.69) is 54.6 Å². The number of hydrogen-bond donors (Lipinski definition) is 0. The summed E-state index contributed by atoms with van der Waals surface area (Å²) < 4.78 is 18.6. The van der Waals surface area contributed by atoms with E-state index in [0.29, 0.717) is 19.8 Å². The maximum atomic E-state index is 6.21. The summed E-state index contributed by atoms with van der Waals surface area (Å²) in [5.74, 6) is 0. The second kappa shape index (κ2) is 7.45. The molecule has 0 aliphatic rings. The third-order valence-electron chi connectivity index (χ3n) is 4.08. The van der Waals surface area contributed by atoms with Crippen molar-refractivity contribution in [1.82, 2.24) is 0 Å². The molecule has 126 valence electrons. The van der Waals surface area contributed by atoms with E-state index in [0.717, 1.165) is 16.0 Å². The molecule has 0 saturated heterocycles. The van der Waals surface area contributed by atoms with Crippen molar-refractivity contribution in [3.63, 3.8) is 0 Å². The number of benzene rings is 3. The Hall–Kier alpha value is -1.72. The van der Waals surface area contributed by atoms with Gasteiger partial charge in [0.05, 0.1) is 0 Å². The molecule has 0 spiro atoms. The van der Waals surface area contributed by atoms with Gasteiger partial charge in [0.25, 0.3) is 0 Å². The molecule has 3 rings (SSSR count). The standard InChI is InChI=1S/C20H24O3Si/c1-4-21-24(22-5-2,23-6-3)20-18-13-9-7-11-16(18)15-17-12-8-10-14-19(17)20/h7-15H,4-6H2,1-3H3. The Labute approximate surface area is 144 Å². The van der Waals surface area contributed by atoms with Crippen LogP contribution in [0.4, 0.5) is 0 Å². The molecule has 0 saturated carbocycles. The lowest BCUT2D eigenvalue weighted by atomic mass is 10.0. The topological polar surface area (TPSA) is 27.7 Å². The molecule has 24 heavy (non-hydrogen) atoms. The summed E-state index contributed by atoms with van der Waals surface area (Å²) in [6.45, 7) is 7.66. The van der Waals surface area contributed by atoms with Crippen LogP contribution in [-0.2, 0) is 13.3 Å². The van der Waals surface area contributed by atoms with Gasteiger partial charge in [-0.1, -0.05) is 48.5 Å². The zero-order chi connectivity index (χ0) is 17.0. The Bertz CT molecular complexity index is 760. The Kier molecular flexibility index (Phi) is 5.31. The van der Waals surface area contributed by atoms with Crippen LogP contribution in [-0.4, -0.2) is 28.6 Å². The number of rotatable bonds is 7.